The Hall–Kier alpha value is -1.65. The number of nitrogens with two attached hydrogens (primary N) is 1. The number of thioether (sulfide) groups is 1. The Labute approximate surface area is 154 Å². The van der Waals surface area contributed by atoms with Crippen molar-refractivity contribution in [3.05, 3.63) is 53.1 Å². The first-order valence-electron chi connectivity index (χ1n) is 7.63. The maximum atomic E-state index is 12.5. The van der Waals surface area contributed by atoms with Crippen LogP contribution in [0.5, 0.6) is 0 Å². The Kier molecular flexibility index (Phi) is 6.76. The summed E-state index contributed by atoms with van der Waals surface area (Å²) in [6.07, 6.45) is 0. The van der Waals surface area contributed by atoms with E-state index in [0.717, 1.165) is 16.8 Å². The Bertz CT molecular complexity index is 739. The van der Waals surface area contributed by atoms with Crippen LogP contribution in [0.1, 0.15) is 42.3 Å². The van der Waals surface area contributed by atoms with Crippen molar-refractivity contribution in [2.75, 3.05) is 11.1 Å². The second-order valence-corrected chi connectivity index (χ2v) is 8.62. The van der Waals surface area contributed by atoms with Crippen LogP contribution in [0.3, 0.4) is 0 Å². The predicted molar refractivity (Wildman–Crippen MR) is 108 cm³/mol. The molecular formula is C19H25ClN2OS. The third-order valence-electron chi connectivity index (χ3n) is 3.38. The number of carbonyl (C=O) groups is 1. The average Bonchev–Trinajstić information content (AvgIpc) is 2.42. The molecule has 2 aromatic carbocycles. The maximum absolute atomic E-state index is 12.5. The number of nitrogen functional groups attached to an aromatic ring is 1. The van der Waals surface area contributed by atoms with Crippen molar-refractivity contribution >= 4 is 41.5 Å². The fourth-order valence-corrected chi connectivity index (χ4v) is 3.35. The SMILES string of the molecule is Cc1cc(SC(C)(C)C)ccc1NC(=O)c1cc(N)ccc1C.Cl. The molecule has 3 N–H and O–H groups in total. The van der Waals surface area contributed by atoms with Crippen LogP contribution < -0.4 is 11.1 Å². The quantitative estimate of drug-likeness (QED) is 0.562. The lowest BCUT2D eigenvalue weighted by Crippen LogP contribution is -2.14. The van der Waals surface area contributed by atoms with Gasteiger partial charge in [0, 0.05) is 26.6 Å². The molecule has 0 heterocycles. The molecule has 3 nitrogen and oxygen atoms in total. The van der Waals surface area contributed by atoms with Gasteiger partial charge < -0.3 is 11.1 Å². The Morgan fingerprint density at radius 3 is 2.29 bits per heavy atom. The molecule has 0 radical (unpaired) electrons. The second-order valence-electron chi connectivity index (χ2n) is 6.72. The van der Waals surface area contributed by atoms with E-state index in [9.17, 15) is 4.79 Å². The highest BCUT2D eigenvalue weighted by molar-refractivity contribution is 8.00. The first kappa shape index (κ1) is 20.4. The van der Waals surface area contributed by atoms with Gasteiger partial charge in [0.1, 0.15) is 0 Å². The maximum Gasteiger partial charge on any atom is 0.256 e. The van der Waals surface area contributed by atoms with E-state index in [1.807, 2.05) is 43.8 Å². The number of carbonyl (C=O) groups excluding carboxylic acids is 1. The second kappa shape index (κ2) is 7.95. The van der Waals surface area contributed by atoms with Gasteiger partial charge in [-0.15, -0.1) is 24.2 Å². The molecule has 0 unspecified atom stereocenters. The zero-order valence-corrected chi connectivity index (χ0v) is 16.4. The molecular weight excluding hydrogens is 340 g/mol. The van der Waals surface area contributed by atoms with Crippen LogP contribution in [-0.4, -0.2) is 10.7 Å². The normalized spacial score (nSPS) is 10.9. The van der Waals surface area contributed by atoms with Crippen LogP contribution in [0.15, 0.2) is 41.3 Å². The minimum atomic E-state index is -0.130. The van der Waals surface area contributed by atoms with E-state index >= 15 is 0 Å². The number of amides is 1. The molecule has 24 heavy (non-hydrogen) atoms. The highest BCUT2D eigenvalue weighted by Gasteiger charge is 2.14. The van der Waals surface area contributed by atoms with Gasteiger partial charge in [0.05, 0.1) is 0 Å². The summed E-state index contributed by atoms with van der Waals surface area (Å²) in [6, 6.07) is 11.5. The van der Waals surface area contributed by atoms with Crippen LogP contribution in [0, 0.1) is 13.8 Å². The molecule has 0 saturated heterocycles. The van der Waals surface area contributed by atoms with Crippen LogP contribution in [0.2, 0.25) is 0 Å². The highest BCUT2D eigenvalue weighted by atomic mass is 35.5. The lowest BCUT2D eigenvalue weighted by molar-refractivity contribution is 0.102. The van der Waals surface area contributed by atoms with Gasteiger partial charge in [0.2, 0.25) is 0 Å². The van der Waals surface area contributed by atoms with Crippen LogP contribution >= 0.6 is 24.2 Å². The van der Waals surface area contributed by atoms with Gasteiger partial charge in [0.25, 0.3) is 5.91 Å². The van der Waals surface area contributed by atoms with Crippen molar-refractivity contribution < 1.29 is 4.79 Å². The van der Waals surface area contributed by atoms with E-state index in [4.69, 9.17) is 5.73 Å². The minimum Gasteiger partial charge on any atom is -0.399 e. The number of hydrogen-bond acceptors (Lipinski definition) is 3. The van der Waals surface area contributed by atoms with Gasteiger partial charge in [-0.3, -0.25) is 4.79 Å². The summed E-state index contributed by atoms with van der Waals surface area (Å²) in [5.74, 6) is -0.130. The predicted octanol–water partition coefficient (Wildman–Crippen LogP) is 5.45. The lowest BCUT2D eigenvalue weighted by atomic mass is 10.1. The summed E-state index contributed by atoms with van der Waals surface area (Å²) in [6.45, 7) is 10.5. The average molecular weight is 365 g/mol. The molecule has 2 rings (SSSR count). The summed E-state index contributed by atoms with van der Waals surface area (Å²) in [5, 5.41) is 2.98. The van der Waals surface area contributed by atoms with Gasteiger partial charge in [-0.25, -0.2) is 0 Å². The van der Waals surface area contributed by atoms with E-state index in [2.05, 4.69) is 32.2 Å². The standard InChI is InChI=1S/C19H24N2OS.ClH/c1-12-6-7-14(20)11-16(12)18(22)21-17-9-8-15(10-13(17)2)23-19(3,4)5;/h6-11H,20H2,1-5H3,(H,21,22);1H. The molecule has 0 atom stereocenters. The monoisotopic (exact) mass is 364 g/mol. The molecule has 0 bridgehead atoms. The van der Waals surface area contributed by atoms with Crippen molar-refractivity contribution in [2.24, 2.45) is 0 Å². The number of halogens is 1. The van der Waals surface area contributed by atoms with Crippen molar-refractivity contribution in [1.82, 2.24) is 0 Å². The van der Waals surface area contributed by atoms with Crippen molar-refractivity contribution in [2.45, 2.75) is 44.3 Å². The Morgan fingerprint density at radius 1 is 1.04 bits per heavy atom. The van der Waals surface area contributed by atoms with E-state index in [1.165, 1.54) is 4.90 Å². The summed E-state index contributed by atoms with van der Waals surface area (Å²) in [5.41, 5.74) is 9.78. The number of anilines is 2. The topological polar surface area (TPSA) is 55.1 Å². The molecule has 0 spiro atoms. The molecule has 0 aliphatic rings. The zero-order valence-electron chi connectivity index (χ0n) is 14.8. The fourth-order valence-electron chi connectivity index (χ4n) is 2.27. The summed E-state index contributed by atoms with van der Waals surface area (Å²) < 4.78 is 0.163. The molecule has 0 saturated carbocycles. The van der Waals surface area contributed by atoms with E-state index in [1.54, 1.807) is 12.1 Å². The first-order chi connectivity index (χ1) is 10.7. The molecule has 2 aromatic rings. The first-order valence-corrected chi connectivity index (χ1v) is 8.44. The summed E-state index contributed by atoms with van der Waals surface area (Å²) >= 11 is 1.81. The van der Waals surface area contributed by atoms with Crippen molar-refractivity contribution in [3.63, 3.8) is 0 Å². The third kappa shape index (κ3) is 5.46. The minimum absolute atomic E-state index is 0. The van der Waals surface area contributed by atoms with E-state index < -0.39 is 0 Å². The molecule has 0 fully saturated rings. The number of benzene rings is 2. The van der Waals surface area contributed by atoms with E-state index in [0.29, 0.717) is 11.3 Å². The molecule has 0 aliphatic heterocycles. The van der Waals surface area contributed by atoms with Gasteiger partial charge in [-0.05, 0) is 55.3 Å². The number of rotatable bonds is 3. The number of hydrogen-bond donors (Lipinski definition) is 2. The smallest absolute Gasteiger partial charge is 0.256 e. The highest BCUT2D eigenvalue weighted by Crippen LogP contribution is 2.33. The fraction of sp³-hybridized carbons (Fsp3) is 0.316. The molecule has 0 aromatic heterocycles. The van der Waals surface area contributed by atoms with Gasteiger partial charge in [0.15, 0.2) is 0 Å². The van der Waals surface area contributed by atoms with Crippen LogP contribution in [0.4, 0.5) is 11.4 Å². The third-order valence-corrected chi connectivity index (χ3v) is 4.48. The Morgan fingerprint density at radius 2 is 1.71 bits per heavy atom. The van der Waals surface area contributed by atoms with E-state index in [-0.39, 0.29) is 23.1 Å². The number of aryl methyl sites for hydroxylation is 2. The zero-order chi connectivity index (χ0) is 17.2. The summed E-state index contributed by atoms with van der Waals surface area (Å²) in [4.78, 5) is 13.7. The lowest BCUT2D eigenvalue weighted by Gasteiger charge is -2.18. The molecule has 130 valence electrons. The van der Waals surface area contributed by atoms with Gasteiger partial charge in [-0.1, -0.05) is 26.8 Å². The molecule has 5 heteroatoms. The Balaban J connectivity index is 0.00000288. The molecule has 0 aliphatic carbocycles. The van der Waals surface area contributed by atoms with Gasteiger partial charge in [-0.2, -0.15) is 0 Å². The largest absolute Gasteiger partial charge is 0.399 e. The van der Waals surface area contributed by atoms with Crippen LogP contribution in [-0.2, 0) is 0 Å². The van der Waals surface area contributed by atoms with Gasteiger partial charge >= 0.3 is 0 Å². The number of nitrogens with one attached hydrogen (secondary N) is 1. The summed E-state index contributed by atoms with van der Waals surface area (Å²) in [7, 11) is 0. The van der Waals surface area contributed by atoms with Crippen molar-refractivity contribution in [1.29, 1.82) is 0 Å². The molecule has 1 amide bonds. The van der Waals surface area contributed by atoms with Crippen molar-refractivity contribution in [3.8, 4) is 0 Å². The van der Waals surface area contributed by atoms with Crippen LogP contribution in [0.25, 0.3) is 0 Å².